The molecule has 0 unspecified atom stereocenters. The average Bonchev–Trinajstić information content (AvgIpc) is 3.45. The summed E-state index contributed by atoms with van der Waals surface area (Å²) in [6, 6.07) is 15.4. The Hall–Kier alpha value is -3.72. The Labute approximate surface area is 207 Å². The molecule has 0 bridgehead atoms. The third-order valence-corrected chi connectivity index (χ3v) is 5.66. The highest BCUT2D eigenvalue weighted by Crippen LogP contribution is 2.33. The topological polar surface area (TPSA) is 102 Å². The molecule has 3 heterocycles. The molecule has 0 aliphatic carbocycles. The largest absolute Gasteiger partial charge is 0.417 e. The van der Waals surface area contributed by atoms with Crippen molar-refractivity contribution in [3.05, 3.63) is 97.9 Å². The molecule has 3 aromatic heterocycles. The summed E-state index contributed by atoms with van der Waals surface area (Å²) in [4.78, 5) is 14.1. The summed E-state index contributed by atoms with van der Waals surface area (Å²) in [7, 11) is 0. The molecule has 34 heavy (non-hydrogen) atoms. The van der Waals surface area contributed by atoms with Crippen molar-refractivity contribution in [3.8, 4) is 28.5 Å². The number of hydrogen-bond acceptors (Lipinski definition) is 6. The molecule has 0 spiro atoms. The van der Waals surface area contributed by atoms with Gasteiger partial charge in [0.25, 0.3) is 0 Å². The lowest BCUT2D eigenvalue weighted by atomic mass is 10.2. The number of rotatable bonds is 5. The standard InChI is InChI=1S/C23H13Cl3N6O2/c24-14-5-6-15(17(26)12-14)22-30-28-19(32(22)18-4-2-1-3-16(18)25)7-8-21-29-31-23(34-21)13-9-10-27-20(33)11-13/h1-12H,(H,27,33)/b8-7+. The van der Waals surface area contributed by atoms with Gasteiger partial charge in [-0.2, -0.15) is 0 Å². The van der Waals surface area contributed by atoms with E-state index in [0.29, 0.717) is 43.5 Å². The Bertz CT molecular complexity index is 1590. The van der Waals surface area contributed by atoms with Gasteiger partial charge in [0.2, 0.25) is 17.3 Å². The molecule has 168 valence electrons. The number of halogens is 3. The number of aromatic amines is 1. The number of benzene rings is 2. The van der Waals surface area contributed by atoms with Crippen LogP contribution in [0, 0.1) is 0 Å². The quantitative estimate of drug-likeness (QED) is 0.320. The van der Waals surface area contributed by atoms with Gasteiger partial charge < -0.3 is 9.40 Å². The summed E-state index contributed by atoms with van der Waals surface area (Å²) < 4.78 is 7.42. The molecule has 5 rings (SSSR count). The zero-order chi connectivity index (χ0) is 23.7. The first-order valence-corrected chi connectivity index (χ1v) is 11.0. The van der Waals surface area contributed by atoms with Gasteiger partial charge in [0.1, 0.15) is 0 Å². The van der Waals surface area contributed by atoms with Crippen LogP contribution in [0.25, 0.3) is 40.7 Å². The number of pyridine rings is 1. The number of para-hydroxylation sites is 1. The molecule has 0 amide bonds. The predicted octanol–water partition coefficient (Wildman–Crippen LogP) is 5.80. The van der Waals surface area contributed by atoms with Gasteiger partial charge in [-0.25, -0.2) is 0 Å². The average molecular weight is 512 g/mol. The molecule has 1 N–H and O–H groups in total. The molecule has 0 radical (unpaired) electrons. The highest BCUT2D eigenvalue weighted by molar-refractivity contribution is 6.36. The Balaban J connectivity index is 1.57. The van der Waals surface area contributed by atoms with Crippen molar-refractivity contribution in [1.29, 1.82) is 0 Å². The first kappa shape index (κ1) is 22.1. The highest BCUT2D eigenvalue weighted by Gasteiger charge is 2.18. The number of H-pyrrole nitrogens is 1. The van der Waals surface area contributed by atoms with Crippen LogP contribution in [0.1, 0.15) is 11.7 Å². The van der Waals surface area contributed by atoms with Crippen molar-refractivity contribution in [2.24, 2.45) is 0 Å². The maximum Gasteiger partial charge on any atom is 0.248 e. The van der Waals surface area contributed by atoms with Gasteiger partial charge >= 0.3 is 0 Å². The van der Waals surface area contributed by atoms with Crippen LogP contribution in [-0.4, -0.2) is 29.9 Å². The lowest BCUT2D eigenvalue weighted by molar-refractivity contribution is 0.557. The van der Waals surface area contributed by atoms with Crippen molar-refractivity contribution >= 4 is 47.0 Å². The molecule has 0 atom stereocenters. The van der Waals surface area contributed by atoms with E-state index in [-0.39, 0.29) is 17.3 Å². The van der Waals surface area contributed by atoms with Gasteiger partial charge in [0.15, 0.2) is 11.6 Å². The van der Waals surface area contributed by atoms with Crippen LogP contribution in [0.2, 0.25) is 15.1 Å². The van der Waals surface area contributed by atoms with Crippen molar-refractivity contribution in [3.63, 3.8) is 0 Å². The second-order valence-electron chi connectivity index (χ2n) is 7.01. The number of nitrogens with zero attached hydrogens (tertiary/aromatic N) is 5. The summed E-state index contributed by atoms with van der Waals surface area (Å²) >= 11 is 19.0. The molecule has 0 aliphatic rings. The smallest absolute Gasteiger partial charge is 0.248 e. The van der Waals surface area contributed by atoms with Gasteiger partial charge in [0.05, 0.1) is 15.7 Å². The fraction of sp³-hybridized carbons (Fsp3) is 0. The summed E-state index contributed by atoms with van der Waals surface area (Å²) in [5, 5.41) is 18.1. The molecule has 5 aromatic rings. The number of aromatic nitrogens is 6. The van der Waals surface area contributed by atoms with Crippen molar-refractivity contribution in [2.75, 3.05) is 0 Å². The molecule has 11 heteroatoms. The van der Waals surface area contributed by atoms with Crippen molar-refractivity contribution in [2.45, 2.75) is 0 Å². The summed E-state index contributed by atoms with van der Waals surface area (Å²) in [5.74, 6) is 1.36. The molecule has 0 saturated heterocycles. The molecule has 8 nitrogen and oxygen atoms in total. The highest BCUT2D eigenvalue weighted by atomic mass is 35.5. The Kier molecular flexibility index (Phi) is 6.02. The van der Waals surface area contributed by atoms with E-state index >= 15 is 0 Å². The molecular formula is C23H13Cl3N6O2. The Morgan fingerprint density at radius 1 is 0.882 bits per heavy atom. The van der Waals surface area contributed by atoms with E-state index in [0.717, 1.165) is 0 Å². The first-order chi connectivity index (χ1) is 16.5. The van der Waals surface area contributed by atoms with Crippen LogP contribution in [0.3, 0.4) is 0 Å². The van der Waals surface area contributed by atoms with Crippen molar-refractivity contribution < 1.29 is 4.42 Å². The lowest BCUT2D eigenvalue weighted by Gasteiger charge is -2.11. The van der Waals surface area contributed by atoms with Gasteiger partial charge in [-0.3, -0.25) is 9.36 Å². The second kappa shape index (κ2) is 9.26. The van der Waals surface area contributed by atoms with Crippen LogP contribution >= 0.6 is 34.8 Å². The molecule has 0 fully saturated rings. The minimum Gasteiger partial charge on any atom is -0.417 e. The van der Waals surface area contributed by atoms with Crippen molar-refractivity contribution in [1.82, 2.24) is 29.9 Å². The molecule has 0 saturated carbocycles. The normalized spacial score (nSPS) is 11.4. The molecule has 2 aromatic carbocycles. The summed E-state index contributed by atoms with van der Waals surface area (Å²) in [6.45, 7) is 0. The van der Waals surface area contributed by atoms with Crippen LogP contribution < -0.4 is 5.56 Å². The third kappa shape index (κ3) is 4.38. The monoisotopic (exact) mass is 510 g/mol. The lowest BCUT2D eigenvalue weighted by Crippen LogP contribution is -2.01. The fourth-order valence-electron chi connectivity index (χ4n) is 3.26. The van der Waals surface area contributed by atoms with E-state index in [2.05, 4.69) is 25.4 Å². The Morgan fingerprint density at radius 2 is 1.74 bits per heavy atom. The molecular weight excluding hydrogens is 499 g/mol. The maximum absolute atomic E-state index is 11.5. The number of hydrogen-bond donors (Lipinski definition) is 1. The Morgan fingerprint density at radius 3 is 2.53 bits per heavy atom. The van der Waals surface area contributed by atoms with E-state index in [1.165, 1.54) is 12.3 Å². The molecule has 0 aliphatic heterocycles. The van der Waals surface area contributed by atoms with E-state index in [1.54, 1.807) is 47.1 Å². The van der Waals surface area contributed by atoms with E-state index < -0.39 is 0 Å². The zero-order valence-corrected chi connectivity index (χ0v) is 19.4. The SMILES string of the molecule is O=c1cc(-c2nnc(/C=C/c3nnc(-c4ccc(Cl)cc4Cl)n3-c3ccccc3Cl)o2)cc[nH]1. The minimum atomic E-state index is -0.269. The first-order valence-electron chi connectivity index (χ1n) is 9.86. The number of nitrogens with one attached hydrogen (secondary N) is 1. The van der Waals surface area contributed by atoms with Crippen LogP contribution in [0.4, 0.5) is 0 Å². The third-order valence-electron chi connectivity index (χ3n) is 4.79. The van der Waals surface area contributed by atoms with Gasteiger partial charge in [0, 0.05) is 34.5 Å². The summed E-state index contributed by atoms with van der Waals surface area (Å²) in [6.07, 6.45) is 4.76. The second-order valence-corrected chi connectivity index (χ2v) is 8.26. The maximum atomic E-state index is 11.5. The van der Waals surface area contributed by atoms with Gasteiger partial charge in [-0.15, -0.1) is 20.4 Å². The predicted molar refractivity (Wildman–Crippen MR) is 131 cm³/mol. The zero-order valence-electron chi connectivity index (χ0n) is 17.1. The minimum absolute atomic E-state index is 0.215. The van der Waals surface area contributed by atoms with E-state index in [9.17, 15) is 4.79 Å². The van der Waals surface area contributed by atoms with Gasteiger partial charge in [-0.05, 0) is 42.5 Å². The van der Waals surface area contributed by atoms with E-state index in [1.807, 2.05) is 18.2 Å². The van der Waals surface area contributed by atoms with Crippen LogP contribution in [-0.2, 0) is 0 Å². The fourth-order valence-corrected chi connectivity index (χ4v) is 3.98. The van der Waals surface area contributed by atoms with Crippen LogP contribution in [0.15, 0.2) is 70.0 Å². The summed E-state index contributed by atoms with van der Waals surface area (Å²) in [5.41, 5.74) is 1.53. The van der Waals surface area contributed by atoms with E-state index in [4.69, 9.17) is 39.2 Å². The van der Waals surface area contributed by atoms with Crippen LogP contribution in [0.5, 0.6) is 0 Å². The van der Waals surface area contributed by atoms with Gasteiger partial charge in [-0.1, -0.05) is 46.9 Å².